The second-order valence-corrected chi connectivity index (χ2v) is 6.08. The molecule has 0 fully saturated rings. The number of hydrogen-bond acceptors (Lipinski definition) is 2. The summed E-state index contributed by atoms with van der Waals surface area (Å²) < 4.78 is 0. The Hall–Kier alpha value is -0.540. The van der Waals surface area contributed by atoms with Gasteiger partial charge in [0.15, 0.2) is 0 Å². The lowest BCUT2D eigenvalue weighted by Crippen LogP contribution is -2.29. The van der Waals surface area contributed by atoms with Crippen LogP contribution in [0.2, 0.25) is 10.0 Å². The molecule has 0 saturated heterocycles. The van der Waals surface area contributed by atoms with Gasteiger partial charge in [-0.1, -0.05) is 35.3 Å². The van der Waals surface area contributed by atoms with Gasteiger partial charge in [0.2, 0.25) is 0 Å². The molecule has 0 saturated carbocycles. The van der Waals surface area contributed by atoms with Crippen molar-refractivity contribution in [1.29, 1.82) is 0 Å². The predicted molar refractivity (Wildman–Crippen MR) is 81.0 cm³/mol. The number of likely N-dealkylation sites (N-methyl/N-ethyl adjacent to an activating group) is 1. The molecule has 1 heterocycles. The van der Waals surface area contributed by atoms with E-state index in [1.807, 2.05) is 19.2 Å². The number of benzene rings is 1. The average molecular weight is 300 g/mol. The molecule has 1 unspecified atom stereocenters. The second kappa shape index (κ2) is 6.58. The predicted octanol–water partition coefficient (Wildman–Crippen LogP) is 4.43. The van der Waals surface area contributed by atoms with E-state index in [0.29, 0.717) is 11.1 Å². The molecule has 0 aliphatic heterocycles. The van der Waals surface area contributed by atoms with E-state index >= 15 is 0 Å². The Kier molecular flexibility index (Phi) is 5.07. The first-order valence-electron chi connectivity index (χ1n) is 5.82. The number of hydrogen-bond donors (Lipinski definition) is 1. The lowest BCUT2D eigenvalue weighted by Gasteiger charge is -2.16. The molecule has 1 aromatic heterocycles. The quantitative estimate of drug-likeness (QED) is 0.861. The van der Waals surface area contributed by atoms with Gasteiger partial charge in [0, 0.05) is 21.0 Å². The molecule has 1 nitrogen and oxygen atoms in total. The van der Waals surface area contributed by atoms with Crippen LogP contribution >= 0.6 is 34.5 Å². The molecule has 4 heteroatoms. The van der Waals surface area contributed by atoms with Crippen LogP contribution in [-0.2, 0) is 12.8 Å². The third-order valence-corrected chi connectivity index (χ3v) is 4.40. The fourth-order valence-corrected chi connectivity index (χ4v) is 3.17. The van der Waals surface area contributed by atoms with Gasteiger partial charge in [0.25, 0.3) is 0 Å². The zero-order valence-electron chi connectivity index (χ0n) is 10.1. The molecule has 0 bridgehead atoms. The monoisotopic (exact) mass is 299 g/mol. The van der Waals surface area contributed by atoms with E-state index in [0.717, 1.165) is 23.4 Å². The summed E-state index contributed by atoms with van der Waals surface area (Å²) in [4.78, 5) is 1.39. The van der Waals surface area contributed by atoms with Gasteiger partial charge < -0.3 is 5.32 Å². The summed E-state index contributed by atoms with van der Waals surface area (Å²) in [5.41, 5.74) is 1.14. The van der Waals surface area contributed by atoms with Gasteiger partial charge in [-0.15, -0.1) is 11.3 Å². The summed E-state index contributed by atoms with van der Waals surface area (Å²) >= 11 is 13.9. The highest BCUT2D eigenvalue weighted by Gasteiger charge is 2.11. The maximum Gasteiger partial charge on any atom is 0.0453 e. The van der Waals surface area contributed by atoms with Crippen molar-refractivity contribution in [1.82, 2.24) is 5.32 Å². The molecule has 2 aromatic rings. The summed E-state index contributed by atoms with van der Waals surface area (Å²) in [6.45, 7) is 0. The number of nitrogens with one attached hydrogen (secondary N) is 1. The van der Waals surface area contributed by atoms with Gasteiger partial charge in [-0.25, -0.2) is 0 Å². The molecule has 2 rings (SSSR count). The standard InChI is InChI=1S/C14H15Cl2NS/c1-17-12(9-13-3-2-6-18-13)7-10-4-5-11(15)8-14(10)16/h2-6,8,12,17H,7,9H2,1H3. The molecule has 0 aliphatic rings. The highest BCUT2D eigenvalue weighted by Crippen LogP contribution is 2.23. The van der Waals surface area contributed by atoms with Crippen molar-refractivity contribution in [2.24, 2.45) is 0 Å². The Morgan fingerprint density at radius 2 is 2.06 bits per heavy atom. The molecular formula is C14H15Cl2NS. The van der Waals surface area contributed by atoms with Gasteiger partial charge in [-0.3, -0.25) is 0 Å². The van der Waals surface area contributed by atoms with Gasteiger partial charge in [0.05, 0.1) is 0 Å². The maximum absolute atomic E-state index is 6.20. The lowest BCUT2D eigenvalue weighted by molar-refractivity contribution is 0.560. The van der Waals surface area contributed by atoms with Crippen LogP contribution in [0.25, 0.3) is 0 Å². The van der Waals surface area contributed by atoms with Crippen molar-refractivity contribution in [2.75, 3.05) is 7.05 Å². The highest BCUT2D eigenvalue weighted by atomic mass is 35.5. The number of halogens is 2. The van der Waals surface area contributed by atoms with Crippen molar-refractivity contribution in [2.45, 2.75) is 18.9 Å². The van der Waals surface area contributed by atoms with Crippen molar-refractivity contribution in [3.05, 3.63) is 56.2 Å². The largest absolute Gasteiger partial charge is 0.316 e. The van der Waals surface area contributed by atoms with Crippen LogP contribution in [-0.4, -0.2) is 13.1 Å². The van der Waals surface area contributed by atoms with E-state index in [-0.39, 0.29) is 0 Å². The van der Waals surface area contributed by atoms with Crippen LogP contribution in [0.3, 0.4) is 0 Å². The highest BCUT2D eigenvalue weighted by molar-refractivity contribution is 7.09. The fourth-order valence-electron chi connectivity index (χ4n) is 1.90. The van der Waals surface area contributed by atoms with Gasteiger partial charge in [-0.2, -0.15) is 0 Å². The smallest absolute Gasteiger partial charge is 0.0453 e. The summed E-state index contributed by atoms with van der Waals surface area (Å²) in [6, 6.07) is 10.3. The van der Waals surface area contributed by atoms with Crippen LogP contribution < -0.4 is 5.32 Å². The van der Waals surface area contributed by atoms with Gasteiger partial charge >= 0.3 is 0 Å². The zero-order chi connectivity index (χ0) is 13.0. The first-order chi connectivity index (χ1) is 8.69. The maximum atomic E-state index is 6.20. The summed E-state index contributed by atoms with van der Waals surface area (Å²) in [7, 11) is 1.99. The molecule has 0 spiro atoms. The van der Waals surface area contributed by atoms with Crippen LogP contribution in [0, 0.1) is 0 Å². The second-order valence-electron chi connectivity index (χ2n) is 4.21. The van der Waals surface area contributed by atoms with Gasteiger partial charge in [0.1, 0.15) is 0 Å². The molecule has 0 radical (unpaired) electrons. The summed E-state index contributed by atoms with van der Waals surface area (Å²) in [6.07, 6.45) is 1.93. The molecular weight excluding hydrogens is 285 g/mol. The average Bonchev–Trinajstić information content (AvgIpc) is 2.84. The summed E-state index contributed by atoms with van der Waals surface area (Å²) in [5, 5.41) is 6.88. The van der Waals surface area contributed by atoms with Crippen molar-refractivity contribution < 1.29 is 0 Å². The van der Waals surface area contributed by atoms with Crippen LogP contribution in [0.4, 0.5) is 0 Å². The van der Waals surface area contributed by atoms with Crippen LogP contribution in [0.1, 0.15) is 10.4 Å². The minimum Gasteiger partial charge on any atom is -0.316 e. The van der Waals surface area contributed by atoms with E-state index < -0.39 is 0 Å². The molecule has 0 aliphatic carbocycles. The van der Waals surface area contributed by atoms with Crippen molar-refractivity contribution in [3.8, 4) is 0 Å². The normalized spacial score (nSPS) is 12.6. The van der Waals surface area contributed by atoms with Crippen LogP contribution in [0.5, 0.6) is 0 Å². The minimum atomic E-state index is 0.391. The van der Waals surface area contributed by atoms with Gasteiger partial charge in [-0.05, 0) is 49.0 Å². The van der Waals surface area contributed by atoms with E-state index in [1.165, 1.54) is 4.88 Å². The Labute approximate surface area is 122 Å². The Morgan fingerprint density at radius 3 is 2.67 bits per heavy atom. The van der Waals surface area contributed by atoms with E-state index in [1.54, 1.807) is 17.4 Å². The minimum absolute atomic E-state index is 0.391. The topological polar surface area (TPSA) is 12.0 Å². The third kappa shape index (κ3) is 3.72. The molecule has 1 aromatic carbocycles. The number of rotatable bonds is 5. The molecule has 0 amide bonds. The Morgan fingerprint density at radius 1 is 1.22 bits per heavy atom. The van der Waals surface area contributed by atoms with E-state index in [4.69, 9.17) is 23.2 Å². The lowest BCUT2D eigenvalue weighted by atomic mass is 10.0. The first kappa shape index (κ1) is 13.9. The fraction of sp³-hybridized carbons (Fsp3) is 0.286. The molecule has 1 N–H and O–H groups in total. The zero-order valence-corrected chi connectivity index (χ0v) is 12.4. The Balaban J connectivity index is 2.05. The third-order valence-electron chi connectivity index (χ3n) is 2.92. The number of thiophene rings is 1. The summed E-state index contributed by atoms with van der Waals surface area (Å²) in [5.74, 6) is 0. The Bertz CT molecular complexity index is 497. The first-order valence-corrected chi connectivity index (χ1v) is 7.46. The van der Waals surface area contributed by atoms with Crippen LogP contribution in [0.15, 0.2) is 35.7 Å². The van der Waals surface area contributed by atoms with E-state index in [2.05, 4.69) is 22.8 Å². The molecule has 1 atom stereocenters. The van der Waals surface area contributed by atoms with Crippen molar-refractivity contribution in [3.63, 3.8) is 0 Å². The molecule has 18 heavy (non-hydrogen) atoms. The molecule has 96 valence electrons. The van der Waals surface area contributed by atoms with Crippen molar-refractivity contribution >= 4 is 34.5 Å². The SMILES string of the molecule is CNC(Cc1cccs1)Cc1ccc(Cl)cc1Cl. The van der Waals surface area contributed by atoms with E-state index in [9.17, 15) is 0 Å².